The van der Waals surface area contributed by atoms with Crippen LogP contribution in [-0.2, 0) is 0 Å². The largest absolute Gasteiger partial charge is 0.511 e. The number of thiophene rings is 1. The molecule has 0 saturated carbocycles. The Balaban J connectivity index is 1.57. The van der Waals surface area contributed by atoms with Crippen LogP contribution in [0.15, 0.2) is 92.5 Å². The molecule has 0 saturated heterocycles. The Labute approximate surface area is 220 Å². The monoisotopic (exact) mass is 526 g/mol. The maximum atomic E-state index is 13.5. The van der Waals surface area contributed by atoms with Crippen molar-refractivity contribution in [3.63, 3.8) is 0 Å². The standard InChI is InChI=1S/C28H22N4O5S/c1-16-9-10-20(13-17(16)2)32-27(34)25(24(31-32)19-11-12-38-15-19)30-29-23-8-4-7-22(26(23)33)18-5-3-6-21(14-18)37-28(35)36/h3-15,31,33H,1-2H3,(H,35,36). The van der Waals surface area contributed by atoms with Crippen LogP contribution in [0.3, 0.4) is 0 Å². The van der Waals surface area contributed by atoms with Crippen molar-refractivity contribution in [2.24, 2.45) is 10.2 Å². The fraction of sp³-hybridized carbons (Fsp3) is 0.0714. The Morgan fingerprint density at radius 2 is 1.79 bits per heavy atom. The summed E-state index contributed by atoms with van der Waals surface area (Å²) in [7, 11) is 0. The molecule has 10 heteroatoms. The summed E-state index contributed by atoms with van der Waals surface area (Å²) >= 11 is 1.49. The van der Waals surface area contributed by atoms with Gasteiger partial charge in [0.1, 0.15) is 11.4 Å². The average Bonchev–Trinajstić information content (AvgIpc) is 3.53. The molecule has 5 rings (SSSR count). The Hall–Kier alpha value is -4.96. The number of aromatic hydroxyl groups is 1. The van der Waals surface area contributed by atoms with Gasteiger partial charge in [-0.15, -0.1) is 10.2 Å². The third kappa shape index (κ3) is 4.84. The Morgan fingerprint density at radius 1 is 0.974 bits per heavy atom. The van der Waals surface area contributed by atoms with Crippen molar-refractivity contribution in [1.82, 2.24) is 9.78 Å². The number of aromatic amines is 1. The topological polar surface area (TPSA) is 129 Å². The summed E-state index contributed by atoms with van der Waals surface area (Å²) in [5.41, 5.74) is 4.91. The predicted molar refractivity (Wildman–Crippen MR) is 146 cm³/mol. The molecule has 9 nitrogen and oxygen atoms in total. The second-order valence-electron chi connectivity index (χ2n) is 8.53. The first-order chi connectivity index (χ1) is 18.3. The number of rotatable bonds is 6. The van der Waals surface area contributed by atoms with Crippen molar-refractivity contribution in [2.75, 3.05) is 0 Å². The van der Waals surface area contributed by atoms with Gasteiger partial charge in [-0.05, 0) is 72.3 Å². The summed E-state index contributed by atoms with van der Waals surface area (Å²) in [6.07, 6.45) is -1.44. The van der Waals surface area contributed by atoms with E-state index in [1.165, 1.54) is 28.2 Å². The molecule has 190 valence electrons. The number of aryl methyl sites for hydroxylation is 2. The molecule has 0 spiro atoms. The van der Waals surface area contributed by atoms with Gasteiger partial charge < -0.3 is 14.9 Å². The van der Waals surface area contributed by atoms with Crippen LogP contribution in [-0.4, -0.2) is 26.1 Å². The molecule has 2 aromatic heterocycles. The number of nitrogens with zero attached hydrogens (tertiary/aromatic N) is 3. The van der Waals surface area contributed by atoms with E-state index in [4.69, 9.17) is 9.84 Å². The second-order valence-corrected chi connectivity index (χ2v) is 9.31. The van der Waals surface area contributed by atoms with Gasteiger partial charge in [-0.3, -0.25) is 9.89 Å². The minimum Gasteiger partial charge on any atom is -0.505 e. The highest BCUT2D eigenvalue weighted by Crippen LogP contribution is 2.39. The number of ether oxygens (including phenoxy) is 1. The minimum absolute atomic E-state index is 0.100. The summed E-state index contributed by atoms with van der Waals surface area (Å²) in [5.74, 6) is -0.0631. The second kappa shape index (κ2) is 10.2. The van der Waals surface area contributed by atoms with E-state index in [0.29, 0.717) is 22.5 Å². The lowest BCUT2D eigenvalue weighted by molar-refractivity contribution is 0.144. The van der Waals surface area contributed by atoms with Gasteiger partial charge in [-0.25, -0.2) is 9.48 Å². The van der Waals surface area contributed by atoms with Gasteiger partial charge in [0, 0.05) is 16.5 Å². The zero-order valence-corrected chi connectivity index (χ0v) is 21.2. The number of carbonyl (C=O) groups is 1. The van der Waals surface area contributed by atoms with Crippen LogP contribution in [0, 0.1) is 13.8 Å². The number of H-pyrrole nitrogens is 1. The summed E-state index contributed by atoms with van der Waals surface area (Å²) in [5, 5.41) is 35.3. The van der Waals surface area contributed by atoms with E-state index in [9.17, 15) is 14.7 Å². The predicted octanol–water partition coefficient (Wildman–Crippen LogP) is 7.36. The fourth-order valence-electron chi connectivity index (χ4n) is 3.95. The number of nitrogens with one attached hydrogen (secondary N) is 1. The van der Waals surface area contributed by atoms with E-state index in [1.807, 2.05) is 48.9 Å². The molecule has 0 fully saturated rings. The summed E-state index contributed by atoms with van der Waals surface area (Å²) in [6.45, 7) is 3.98. The number of phenolic OH excluding ortho intramolecular Hbond substituents is 1. The molecule has 0 aliphatic carbocycles. The molecule has 3 N–H and O–H groups in total. The number of hydrogen-bond acceptors (Lipinski definition) is 7. The highest BCUT2D eigenvalue weighted by atomic mass is 32.1. The highest BCUT2D eigenvalue weighted by Gasteiger charge is 2.18. The van der Waals surface area contributed by atoms with E-state index in [2.05, 4.69) is 15.3 Å². The number of para-hydroxylation sites is 1. The van der Waals surface area contributed by atoms with E-state index >= 15 is 0 Å². The van der Waals surface area contributed by atoms with Crippen LogP contribution in [0.1, 0.15) is 11.1 Å². The number of phenols is 1. The highest BCUT2D eigenvalue weighted by molar-refractivity contribution is 7.08. The van der Waals surface area contributed by atoms with Crippen LogP contribution in [0.25, 0.3) is 28.1 Å². The molecule has 0 bridgehead atoms. The number of aromatic nitrogens is 2. The van der Waals surface area contributed by atoms with Crippen molar-refractivity contribution in [3.8, 4) is 39.6 Å². The van der Waals surface area contributed by atoms with Crippen molar-refractivity contribution >= 4 is 28.9 Å². The van der Waals surface area contributed by atoms with E-state index in [-0.39, 0.29) is 28.4 Å². The molecule has 0 unspecified atom stereocenters. The minimum atomic E-state index is -1.44. The van der Waals surface area contributed by atoms with Crippen LogP contribution in [0.2, 0.25) is 0 Å². The molecule has 38 heavy (non-hydrogen) atoms. The molecule has 0 aliphatic heterocycles. The van der Waals surface area contributed by atoms with Gasteiger partial charge in [-0.2, -0.15) is 11.3 Å². The zero-order chi connectivity index (χ0) is 26.8. The third-order valence-corrected chi connectivity index (χ3v) is 6.73. The first-order valence-corrected chi connectivity index (χ1v) is 12.5. The summed E-state index contributed by atoms with van der Waals surface area (Å²) in [4.78, 5) is 24.4. The first-order valence-electron chi connectivity index (χ1n) is 11.5. The zero-order valence-electron chi connectivity index (χ0n) is 20.4. The van der Waals surface area contributed by atoms with E-state index in [0.717, 1.165) is 16.7 Å². The molecule has 5 aromatic rings. The van der Waals surface area contributed by atoms with Crippen molar-refractivity contribution in [2.45, 2.75) is 13.8 Å². The van der Waals surface area contributed by atoms with Crippen molar-refractivity contribution < 1.29 is 19.7 Å². The number of azo groups is 1. The van der Waals surface area contributed by atoms with Gasteiger partial charge in [0.05, 0.1) is 11.4 Å². The maximum absolute atomic E-state index is 13.5. The van der Waals surface area contributed by atoms with Crippen molar-refractivity contribution in [1.29, 1.82) is 0 Å². The van der Waals surface area contributed by atoms with Crippen LogP contribution in [0.4, 0.5) is 16.2 Å². The van der Waals surface area contributed by atoms with Crippen molar-refractivity contribution in [3.05, 3.63) is 99.0 Å². The van der Waals surface area contributed by atoms with Gasteiger partial charge in [0.15, 0.2) is 11.4 Å². The molecular weight excluding hydrogens is 504 g/mol. The molecule has 3 aromatic carbocycles. The number of carboxylic acid groups (broad SMARTS) is 1. The lowest BCUT2D eigenvalue weighted by Gasteiger charge is -2.08. The van der Waals surface area contributed by atoms with Gasteiger partial charge in [-0.1, -0.05) is 30.3 Å². The van der Waals surface area contributed by atoms with Crippen LogP contribution < -0.4 is 10.3 Å². The van der Waals surface area contributed by atoms with Crippen LogP contribution in [0.5, 0.6) is 11.5 Å². The number of hydrogen-bond donors (Lipinski definition) is 3. The lowest BCUT2D eigenvalue weighted by atomic mass is 10.0. The number of benzene rings is 3. The van der Waals surface area contributed by atoms with Gasteiger partial charge >= 0.3 is 6.16 Å². The average molecular weight is 527 g/mol. The molecule has 0 radical (unpaired) electrons. The molecule has 0 aliphatic rings. The Kier molecular flexibility index (Phi) is 6.63. The normalized spacial score (nSPS) is 11.2. The Bertz CT molecular complexity index is 1730. The van der Waals surface area contributed by atoms with E-state index in [1.54, 1.807) is 30.3 Å². The Morgan fingerprint density at radius 3 is 2.53 bits per heavy atom. The SMILES string of the molecule is Cc1ccc(-n2[nH]c(-c3ccsc3)c(N=Nc3cccc(-c4cccc(OC(=O)O)c4)c3O)c2=O)cc1C. The maximum Gasteiger partial charge on any atom is 0.511 e. The summed E-state index contributed by atoms with van der Waals surface area (Å²) in [6, 6.07) is 18.8. The van der Waals surface area contributed by atoms with Gasteiger partial charge in [0.25, 0.3) is 5.56 Å². The molecular formula is C28H22N4O5S. The molecule has 0 atom stereocenters. The quantitative estimate of drug-likeness (QED) is 0.121. The van der Waals surface area contributed by atoms with E-state index < -0.39 is 6.16 Å². The first kappa shape index (κ1) is 24.7. The molecule has 2 heterocycles. The van der Waals surface area contributed by atoms with Gasteiger partial charge in [0.2, 0.25) is 0 Å². The van der Waals surface area contributed by atoms with Crippen LogP contribution >= 0.6 is 11.3 Å². The summed E-state index contributed by atoms with van der Waals surface area (Å²) < 4.78 is 6.15. The fourth-order valence-corrected chi connectivity index (χ4v) is 4.60. The lowest BCUT2D eigenvalue weighted by Crippen LogP contribution is -2.14. The molecule has 0 amide bonds. The smallest absolute Gasteiger partial charge is 0.505 e. The third-order valence-electron chi connectivity index (χ3n) is 6.05.